The first-order valence-corrected chi connectivity index (χ1v) is 9.36. The van der Waals surface area contributed by atoms with E-state index in [9.17, 15) is 0 Å². The van der Waals surface area contributed by atoms with Crippen molar-refractivity contribution in [3.8, 4) is 5.75 Å². The van der Waals surface area contributed by atoms with Crippen LogP contribution in [0.3, 0.4) is 0 Å². The fraction of sp³-hybridized carbons (Fsp3) is 0.500. The lowest BCUT2D eigenvalue weighted by Crippen LogP contribution is -2.64. The summed E-state index contributed by atoms with van der Waals surface area (Å²) in [5, 5.41) is 0. The lowest BCUT2D eigenvalue weighted by Gasteiger charge is -2.50. The van der Waals surface area contributed by atoms with Gasteiger partial charge in [0.25, 0.3) is 0 Å². The SMILES string of the molecule is Cc1ccc2c([n+]1C)CCC1(O2)N(C(C)C)c2ccccc2C1(C)C. The number of pyridine rings is 1. The largest absolute Gasteiger partial charge is 0.460 e. The molecule has 1 spiro atoms. The van der Waals surface area contributed by atoms with Crippen molar-refractivity contribution in [2.45, 2.75) is 64.6 Å². The van der Waals surface area contributed by atoms with E-state index in [0.717, 1.165) is 18.6 Å². The van der Waals surface area contributed by atoms with Crippen molar-refractivity contribution in [3.05, 3.63) is 53.3 Å². The summed E-state index contributed by atoms with van der Waals surface area (Å²) in [6, 6.07) is 13.5. The summed E-state index contributed by atoms with van der Waals surface area (Å²) in [5.41, 5.74) is 4.88. The summed E-state index contributed by atoms with van der Waals surface area (Å²) >= 11 is 0. The molecule has 3 heteroatoms. The normalized spacial score (nSPS) is 23.6. The second-order valence-corrected chi connectivity index (χ2v) is 8.34. The third-order valence-electron chi connectivity index (χ3n) is 6.39. The lowest BCUT2D eigenvalue weighted by atomic mass is 9.74. The van der Waals surface area contributed by atoms with Gasteiger partial charge < -0.3 is 9.64 Å². The molecule has 2 aliphatic heterocycles. The number of rotatable bonds is 1. The number of aryl methyl sites for hydroxylation is 1. The molecule has 0 radical (unpaired) electrons. The van der Waals surface area contributed by atoms with Crippen LogP contribution in [0.1, 0.15) is 51.1 Å². The number of anilines is 1. The van der Waals surface area contributed by atoms with Gasteiger partial charge in [-0.25, -0.2) is 0 Å². The van der Waals surface area contributed by atoms with Gasteiger partial charge >= 0.3 is 0 Å². The van der Waals surface area contributed by atoms with Crippen LogP contribution in [-0.2, 0) is 18.9 Å². The van der Waals surface area contributed by atoms with Crippen molar-refractivity contribution < 1.29 is 9.30 Å². The van der Waals surface area contributed by atoms with Crippen molar-refractivity contribution in [2.24, 2.45) is 7.05 Å². The van der Waals surface area contributed by atoms with Crippen molar-refractivity contribution in [1.29, 1.82) is 0 Å². The molecule has 3 nitrogen and oxygen atoms in total. The maximum atomic E-state index is 6.89. The summed E-state index contributed by atoms with van der Waals surface area (Å²) in [5.74, 6) is 1.03. The minimum atomic E-state index is -0.333. The second kappa shape index (κ2) is 5.23. The first kappa shape index (κ1) is 16.4. The predicted molar refractivity (Wildman–Crippen MR) is 101 cm³/mol. The Balaban J connectivity index is 1.90. The van der Waals surface area contributed by atoms with E-state index in [4.69, 9.17) is 4.74 Å². The zero-order valence-electron chi connectivity index (χ0n) is 16.3. The standard InChI is InChI=1S/C22H29N2O/c1-15(2)24-18-10-8-7-9-17(18)21(4,5)22(24)14-13-19-20(25-22)12-11-16(3)23(19)6/h7-12,15H,13-14H2,1-6H3/q+1. The summed E-state index contributed by atoms with van der Waals surface area (Å²) in [7, 11) is 2.14. The quantitative estimate of drug-likeness (QED) is 0.730. The van der Waals surface area contributed by atoms with Crippen LogP contribution in [0.2, 0.25) is 0 Å². The molecule has 4 rings (SSSR count). The van der Waals surface area contributed by atoms with Crippen LogP contribution in [0.4, 0.5) is 5.69 Å². The lowest BCUT2D eigenvalue weighted by molar-refractivity contribution is -0.686. The molecule has 2 aromatic rings. The molecule has 2 aliphatic rings. The summed E-state index contributed by atoms with van der Waals surface area (Å²) in [6.07, 6.45) is 2.03. The number of benzene rings is 1. The summed E-state index contributed by atoms with van der Waals surface area (Å²) in [6.45, 7) is 11.4. The molecule has 0 amide bonds. The molecular weight excluding hydrogens is 308 g/mol. The van der Waals surface area contributed by atoms with Crippen LogP contribution in [-0.4, -0.2) is 11.8 Å². The minimum Gasteiger partial charge on any atom is -0.460 e. The first-order valence-electron chi connectivity index (χ1n) is 9.36. The Hall–Kier alpha value is -2.03. The predicted octanol–water partition coefficient (Wildman–Crippen LogP) is 4.05. The number of para-hydroxylation sites is 1. The number of nitrogens with zero attached hydrogens (tertiary/aromatic N) is 2. The van der Waals surface area contributed by atoms with E-state index in [1.165, 1.54) is 22.6 Å². The molecule has 0 bridgehead atoms. The van der Waals surface area contributed by atoms with Crippen molar-refractivity contribution >= 4 is 5.69 Å². The van der Waals surface area contributed by atoms with Gasteiger partial charge in [-0.05, 0) is 45.4 Å². The molecule has 1 atom stereocenters. The van der Waals surface area contributed by atoms with Gasteiger partial charge in [-0.1, -0.05) is 18.2 Å². The van der Waals surface area contributed by atoms with Gasteiger partial charge in [-0.2, -0.15) is 4.57 Å². The number of hydrogen-bond donors (Lipinski definition) is 0. The minimum absolute atomic E-state index is 0.0744. The van der Waals surface area contributed by atoms with E-state index < -0.39 is 0 Å². The highest BCUT2D eigenvalue weighted by Gasteiger charge is 2.61. The third-order valence-corrected chi connectivity index (χ3v) is 6.39. The Morgan fingerprint density at radius 2 is 1.84 bits per heavy atom. The van der Waals surface area contributed by atoms with E-state index in [1.807, 2.05) is 0 Å². The molecule has 0 fully saturated rings. The van der Waals surface area contributed by atoms with Crippen LogP contribution in [0.25, 0.3) is 0 Å². The molecule has 1 aromatic carbocycles. The molecule has 25 heavy (non-hydrogen) atoms. The van der Waals surface area contributed by atoms with Crippen molar-refractivity contribution in [2.75, 3.05) is 4.90 Å². The smallest absolute Gasteiger partial charge is 0.223 e. The average Bonchev–Trinajstić information content (AvgIpc) is 2.76. The molecule has 3 heterocycles. The van der Waals surface area contributed by atoms with E-state index in [0.29, 0.717) is 6.04 Å². The van der Waals surface area contributed by atoms with Crippen LogP contribution >= 0.6 is 0 Å². The third kappa shape index (κ3) is 2.01. The monoisotopic (exact) mass is 337 g/mol. The molecule has 132 valence electrons. The summed E-state index contributed by atoms with van der Waals surface area (Å²) in [4.78, 5) is 2.52. The van der Waals surface area contributed by atoms with E-state index in [2.05, 4.69) is 87.5 Å². The number of hydrogen-bond acceptors (Lipinski definition) is 2. The molecule has 0 aliphatic carbocycles. The zero-order valence-corrected chi connectivity index (χ0v) is 16.3. The number of fused-ring (bicyclic) bond motifs is 2. The average molecular weight is 337 g/mol. The highest BCUT2D eigenvalue weighted by atomic mass is 16.5. The second-order valence-electron chi connectivity index (χ2n) is 8.34. The van der Waals surface area contributed by atoms with Gasteiger partial charge in [-0.3, -0.25) is 0 Å². The van der Waals surface area contributed by atoms with Crippen LogP contribution in [0.5, 0.6) is 5.75 Å². The van der Waals surface area contributed by atoms with Gasteiger partial charge in [0.15, 0.2) is 17.2 Å². The number of ether oxygens (including phenoxy) is 1. The molecule has 1 aromatic heterocycles. The van der Waals surface area contributed by atoms with Crippen molar-refractivity contribution in [3.63, 3.8) is 0 Å². The van der Waals surface area contributed by atoms with E-state index >= 15 is 0 Å². The summed E-state index contributed by atoms with van der Waals surface area (Å²) < 4.78 is 9.17. The van der Waals surface area contributed by atoms with Crippen molar-refractivity contribution in [1.82, 2.24) is 0 Å². The van der Waals surface area contributed by atoms with Gasteiger partial charge in [0.05, 0.1) is 5.41 Å². The Bertz CT molecular complexity index is 840. The Morgan fingerprint density at radius 1 is 1.12 bits per heavy atom. The fourth-order valence-corrected chi connectivity index (χ4v) is 4.91. The molecule has 0 saturated carbocycles. The maximum absolute atomic E-state index is 6.89. The topological polar surface area (TPSA) is 16.4 Å². The number of aromatic nitrogens is 1. The van der Waals surface area contributed by atoms with E-state index in [-0.39, 0.29) is 11.1 Å². The first-order chi connectivity index (χ1) is 11.8. The van der Waals surface area contributed by atoms with Gasteiger partial charge in [0, 0.05) is 37.6 Å². The highest BCUT2D eigenvalue weighted by Crippen LogP contribution is 2.56. The maximum Gasteiger partial charge on any atom is 0.223 e. The highest BCUT2D eigenvalue weighted by molar-refractivity contribution is 5.67. The zero-order chi connectivity index (χ0) is 18.0. The van der Waals surface area contributed by atoms with Crippen LogP contribution in [0.15, 0.2) is 36.4 Å². The van der Waals surface area contributed by atoms with Gasteiger partial charge in [0.1, 0.15) is 7.05 Å². The Kier molecular flexibility index (Phi) is 3.44. The molecule has 0 N–H and O–H groups in total. The van der Waals surface area contributed by atoms with E-state index in [1.54, 1.807) is 0 Å². The molecule has 1 unspecified atom stereocenters. The molecule has 0 saturated heterocycles. The fourth-order valence-electron chi connectivity index (χ4n) is 4.91. The molecular formula is C22H29N2O+. The Morgan fingerprint density at radius 3 is 2.56 bits per heavy atom. The van der Waals surface area contributed by atoms with Crippen LogP contribution < -0.4 is 14.2 Å². The Labute approximate surface area is 151 Å². The van der Waals surface area contributed by atoms with Gasteiger partial charge in [0.2, 0.25) is 5.69 Å². The van der Waals surface area contributed by atoms with Crippen LogP contribution in [0, 0.1) is 6.92 Å². The van der Waals surface area contributed by atoms with Gasteiger partial charge in [-0.15, -0.1) is 0 Å².